The fraction of sp³-hybridized carbons (Fsp3) is 0.826. The van der Waals surface area contributed by atoms with E-state index in [1.165, 1.54) is 18.6 Å². The number of esters is 1. The zero-order valence-corrected chi connectivity index (χ0v) is 17.2. The molecule has 0 aromatic carbocycles. The Balaban J connectivity index is 1.46. The molecule has 1 aliphatic heterocycles. The summed E-state index contributed by atoms with van der Waals surface area (Å²) >= 11 is 0. The first-order valence-corrected chi connectivity index (χ1v) is 11.2. The maximum absolute atomic E-state index is 12.2. The van der Waals surface area contributed by atoms with Gasteiger partial charge in [0.25, 0.3) is 0 Å². The van der Waals surface area contributed by atoms with E-state index in [1.807, 2.05) is 0 Å². The topological polar surface area (TPSA) is 84.9 Å². The molecule has 0 saturated heterocycles. The molecule has 0 radical (unpaired) electrons. The summed E-state index contributed by atoms with van der Waals surface area (Å²) in [7, 11) is 0. The zero-order chi connectivity index (χ0) is 19.7. The minimum absolute atomic E-state index is 0.143. The van der Waals surface area contributed by atoms with Crippen molar-refractivity contribution in [3.8, 4) is 0 Å². The van der Waals surface area contributed by atoms with Crippen LogP contribution in [0.1, 0.15) is 71.6 Å². The molecule has 4 aliphatic carbocycles. The first-order chi connectivity index (χ1) is 13.3. The van der Waals surface area contributed by atoms with Gasteiger partial charge in [0.15, 0.2) is 0 Å². The predicted octanol–water partition coefficient (Wildman–Crippen LogP) is 3.56. The summed E-state index contributed by atoms with van der Waals surface area (Å²) < 4.78 is 5.21. The Hall–Kier alpha value is -1.36. The van der Waals surface area contributed by atoms with Crippen LogP contribution in [0.2, 0.25) is 0 Å². The van der Waals surface area contributed by atoms with Crippen molar-refractivity contribution in [3.63, 3.8) is 0 Å². The third-order valence-corrected chi connectivity index (χ3v) is 10.0. The van der Waals surface area contributed by atoms with Crippen LogP contribution in [0.5, 0.6) is 0 Å². The molecule has 0 aromatic rings. The Morgan fingerprint density at radius 2 is 1.96 bits per heavy atom. The molecule has 5 rings (SSSR count). The van der Waals surface area contributed by atoms with Crippen molar-refractivity contribution in [1.82, 2.24) is 0 Å². The van der Waals surface area contributed by atoms with Crippen LogP contribution in [0.4, 0.5) is 0 Å². The van der Waals surface area contributed by atoms with Crippen LogP contribution in [0, 0.1) is 34.5 Å². The second-order valence-corrected chi connectivity index (χ2v) is 10.7. The molecule has 0 unspecified atom stereocenters. The molecular formula is C23H34N2O3. The lowest BCUT2D eigenvalue weighted by Gasteiger charge is -2.63. The van der Waals surface area contributed by atoms with Gasteiger partial charge >= 0.3 is 5.97 Å². The number of carbonyl (C=O) groups excluding carboxylic acids is 1. The summed E-state index contributed by atoms with van der Waals surface area (Å²) in [6.07, 6.45) is 11.2. The minimum atomic E-state index is -0.622. The predicted molar refractivity (Wildman–Crippen MR) is 107 cm³/mol. The molecule has 5 heteroatoms. The number of hydrogen-bond donors (Lipinski definition) is 2. The molecule has 3 N–H and O–H groups in total. The van der Waals surface area contributed by atoms with Crippen LogP contribution in [-0.4, -0.2) is 29.0 Å². The second-order valence-electron chi connectivity index (χ2n) is 10.7. The fourth-order valence-electron chi connectivity index (χ4n) is 8.33. The van der Waals surface area contributed by atoms with Gasteiger partial charge in [-0.25, -0.2) is 4.79 Å². The molecule has 0 bridgehead atoms. The molecule has 0 spiro atoms. The van der Waals surface area contributed by atoms with Gasteiger partial charge in [-0.05, 0) is 92.4 Å². The SMILES string of the molecule is C[C@]12CC/C(=N/N)C[C@H]1CC[C@@H]1[C@@H]2CC[C@]2(C)[C@@H](C3=CC(=O)OC3)CC[C@]12O. The summed E-state index contributed by atoms with van der Waals surface area (Å²) in [5.74, 6) is 7.27. The van der Waals surface area contributed by atoms with E-state index in [-0.39, 0.29) is 22.7 Å². The number of cyclic esters (lactones) is 1. The minimum Gasteiger partial charge on any atom is -0.458 e. The largest absolute Gasteiger partial charge is 0.458 e. The summed E-state index contributed by atoms with van der Waals surface area (Å²) in [5.41, 5.74) is 1.82. The van der Waals surface area contributed by atoms with Gasteiger partial charge in [-0.2, -0.15) is 5.10 Å². The van der Waals surface area contributed by atoms with E-state index < -0.39 is 5.60 Å². The van der Waals surface area contributed by atoms with E-state index in [0.29, 0.717) is 24.4 Å². The van der Waals surface area contributed by atoms with Crippen molar-refractivity contribution in [2.75, 3.05) is 6.61 Å². The molecule has 154 valence electrons. The van der Waals surface area contributed by atoms with Crippen molar-refractivity contribution in [1.29, 1.82) is 0 Å². The average molecular weight is 387 g/mol. The maximum Gasteiger partial charge on any atom is 0.331 e. The summed E-state index contributed by atoms with van der Waals surface area (Å²) in [4.78, 5) is 11.7. The van der Waals surface area contributed by atoms with Crippen molar-refractivity contribution in [2.24, 2.45) is 45.4 Å². The lowest BCUT2D eigenvalue weighted by Crippen LogP contribution is -2.62. The van der Waals surface area contributed by atoms with Gasteiger partial charge in [0.2, 0.25) is 0 Å². The van der Waals surface area contributed by atoms with Gasteiger partial charge in [0, 0.05) is 17.2 Å². The van der Waals surface area contributed by atoms with Gasteiger partial charge < -0.3 is 15.7 Å². The summed E-state index contributed by atoms with van der Waals surface area (Å²) in [6.45, 7) is 5.19. The lowest BCUT2D eigenvalue weighted by atomic mass is 9.43. The highest BCUT2D eigenvalue weighted by atomic mass is 16.5. The van der Waals surface area contributed by atoms with E-state index in [2.05, 4.69) is 18.9 Å². The van der Waals surface area contributed by atoms with E-state index in [4.69, 9.17) is 10.6 Å². The number of nitrogens with two attached hydrogens (primary N) is 1. The average Bonchev–Trinajstić information content (AvgIpc) is 3.21. The first kappa shape index (κ1) is 18.7. The Labute approximate surface area is 167 Å². The van der Waals surface area contributed by atoms with E-state index in [9.17, 15) is 9.90 Å². The Kier molecular flexibility index (Phi) is 4.04. The van der Waals surface area contributed by atoms with Crippen LogP contribution >= 0.6 is 0 Å². The Morgan fingerprint density at radius 3 is 2.68 bits per heavy atom. The van der Waals surface area contributed by atoms with Crippen molar-refractivity contribution >= 4 is 11.7 Å². The molecule has 7 atom stereocenters. The van der Waals surface area contributed by atoms with Crippen molar-refractivity contribution in [3.05, 3.63) is 11.6 Å². The smallest absolute Gasteiger partial charge is 0.331 e. The molecule has 4 fully saturated rings. The molecule has 28 heavy (non-hydrogen) atoms. The number of hydrogen-bond acceptors (Lipinski definition) is 5. The van der Waals surface area contributed by atoms with Crippen LogP contribution in [0.25, 0.3) is 0 Å². The van der Waals surface area contributed by atoms with E-state index in [1.54, 1.807) is 6.08 Å². The van der Waals surface area contributed by atoms with Crippen LogP contribution in [0.15, 0.2) is 16.8 Å². The number of carbonyl (C=O) groups is 1. The maximum atomic E-state index is 12.2. The molecule has 5 nitrogen and oxygen atoms in total. The van der Waals surface area contributed by atoms with Crippen molar-refractivity contribution < 1.29 is 14.6 Å². The van der Waals surface area contributed by atoms with E-state index in [0.717, 1.165) is 50.5 Å². The van der Waals surface area contributed by atoms with Crippen molar-refractivity contribution in [2.45, 2.75) is 77.2 Å². The number of rotatable bonds is 1. The highest BCUT2D eigenvalue weighted by Crippen LogP contribution is 2.69. The lowest BCUT2D eigenvalue weighted by molar-refractivity contribution is -0.200. The highest BCUT2D eigenvalue weighted by Gasteiger charge is 2.67. The monoisotopic (exact) mass is 386 g/mol. The van der Waals surface area contributed by atoms with Crippen LogP contribution < -0.4 is 5.84 Å². The molecule has 1 heterocycles. The molecule has 4 saturated carbocycles. The number of nitrogens with zero attached hydrogens (tertiary/aromatic N) is 1. The number of fused-ring (bicyclic) bond motifs is 5. The normalized spacial score (nSPS) is 51.9. The third-order valence-electron chi connectivity index (χ3n) is 10.0. The van der Waals surface area contributed by atoms with E-state index >= 15 is 0 Å². The molecule has 5 aliphatic rings. The Morgan fingerprint density at radius 1 is 1.14 bits per heavy atom. The van der Waals surface area contributed by atoms with Crippen LogP contribution in [0.3, 0.4) is 0 Å². The number of ether oxygens (including phenoxy) is 1. The fourth-order valence-corrected chi connectivity index (χ4v) is 8.33. The standard InChI is InChI=1S/C23H34N2O3/c1-21-8-5-16(25-24)12-15(21)3-4-19-18(21)6-9-22(2)17(7-10-23(19,22)27)14-11-20(26)28-13-14/h11,15,17-19,27H,3-10,12-13,24H2,1-2H3/b25-16-/t15-,17-,18+,19-,21+,22-,23+/m1/s1. The van der Waals surface area contributed by atoms with Gasteiger partial charge in [-0.15, -0.1) is 0 Å². The van der Waals surface area contributed by atoms with Crippen LogP contribution in [-0.2, 0) is 9.53 Å². The summed E-state index contributed by atoms with van der Waals surface area (Å²) in [6, 6.07) is 0. The highest BCUT2D eigenvalue weighted by molar-refractivity contribution is 5.85. The zero-order valence-electron chi connectivity index (χ0n) is 17.2. The first-order valence-electron chi connectivity index (χ1n) is 11.2. The van der Waals surface area contributed by atoms with Gasteiger partial charge in [0.05, 0.1) is 5.60 Å². The van der Waals surface area contributed by atoms with Gasteiger partial charge in [-0.3, -0.25) is 0 Å². The Bertz CT molecular complexity index is 761. The molecule has 0 aromatic heterocycles. The number of aliphatic hydroxyl groups is 1. The van der Waals surface area contributed by atoms with Gasteiger partial charge in [0.1, 0.15) is 6.61 Å². The van der Waals surface area contributed by atoms with Gasteiger partial charge in [-0.1, -0.05) is 13.8 Å². The number of hydrazone groups is 1. The molecule has 0 amide bonds. The molecular weight excluding hydrogens is 352 g/mol. The quantitative estimate of drug-likeness (QED) is 0.410. The summed E-state index contributed by atoms with van der Waals surface area (Å²) in [5, 5.41) is 16.2. The third kappa shape index (κ3) is 2.28. The second kappa shape index (κ2) is 6.07.